The van der Waals surface area contributed by atoms with Gasteiger partial charge in [0, 0.05) is 11.4 Å². The van der Waals surface area contributed by atoms with Gasteiger partial charge in [0.1, 0.15) is 5.52 Å². The molecule has 0 aliphatic carbocycles. The zero-order chi connectivity index (χ0) is 13.9. The summed E-state index contributed by atoms with van der Waals surface area (Å²) in [7, 11) is 0. The van der Waals surface area contributed by atoms with Gasteiger partial charge in [-0.3, -0.25) is 0 Å². The Morgan fingerprint density at radius 2 is 1.85 bits per heavy atom. The van der Waals surface area contributed by atoms with E-state index in [-0.39, 0.29) is 0 Å². The number of rotatable bonds is 3. The summed E-state index contributed by atoms with van der Waals surface area (Å²) in [6.07, 6.45) is 1.00. The van der Waals surface area contributed by atoms with Crippen LogP contribution in [0.25, 0.3) is 11.1 Å². The van der Waals surface area contributed by atoms with Gasteiger partial charge >= 0.3 is 0 Å². The van der Waals surface area contributed by atoms with Crippen LogP contribution in [-0.4, -0.2) is 4.98 Å². The van der Waals surface area contributed by atoms with E-state index in [2.05, 4.69) is 11.1 Å². The Morgan fingerprint density at radius 1 is 1.10 bits per heavy atom. The highest BCUT2D eigenvalue weighted by atomic mass is 35.5. The summed E-state index contributed by atoms with van der Waals surface area (Å²) in [4.78, 5) is 4.45. The maximum atomic E-state index is 8.71. The van der Waals surface area contributed by atoms with E-state index in [1.165, 1.54) is 0 Å². The van der Waals surface area contributed by atoms with Gasteiger partial charge in [0.15, 0.2) is 11.5 Å². The van der Waals surface area contributed by atoms with Crippen LogP contribution < -0.4 is 0 Å². The van der Waals surface area contributed by atoms with E-state index in [1.807, 2.05) is 42.5 Å². The van der Waals surface area contributed by atoms with Crippen molar-refractivity contribution in [2.75, 3.05) is 0 Å². The van der Waals surface area contributed by atoms with Gasteiger partial charge in [-0.05, 0) is 35.4 Å². The van der Waals surface area contributed by atoms with Gasteiger partial charge < -0.3 is 4.42 Å². The van der Waals surface area contributed by atoms with Gasteiger partial charge in [-0.2, -0.15) is 5.26 Å². The summed E-state index contributed by atoms with van der Waals surface area (Å²) >= 11 is 5.86. The van der Waals surface area contributed by atoms with Gasteiger partial charge in [0.2, 0.25) is 0 Å². The van der Waals surface area contributed by atoms with Crippen molar-refractivity contribution in [3.63, 3.8) is 0 Å². The molecule has 0 aliphatic heterocycles. The molecule has 98 valence electrons. The molecule has 0 unspecified atom stereocenters. The van der Waals surface area contributed by atoms with Crippen LogP contribution >= 0.6 is 11.6 Å². The van der Waals surface area contributed by atoms with Crippen LogP contribution in [0.15, 0.2) is 46.9 Å². The first kappa shape index (κ1) is 12.7. The fourth-order valence-corrected chi connectivity index (χ4v) is 2.20. The average Bonchev–Trinajstić information content (AvgIpc) is 2.83. The zero-order valence-corrected chi connectivity index (χ0v) is 11.4. The van der Waals surface area contributed by atoms with Crippen molar-refractivity contribution in [2.45, 2.75) is 12.8 Å². The molecule has 2 aromatic carbocycles. The minimum absolute atomic E-state index is 0.378. The Bertz CT molecular complexity index is 784. The molecule has 1 heterocycles. The highest BCUT2D eigenvalue weighted by molar-refractivity contribution is 6.30. The zero-order valence-electron chi connectivity index (χ0n) is 10.6. The van der Waals surface area contributed by atoms with Crippen molar-refractivity contribution >= 4 is 22.7 Å². The second-order valence-corrected chi connectivity index (χ2v) is 4.98. The minimum atomic E-state index is 0.378. The smallest absolute Gasteiger partial charge is 0.199 e. The van der Waals surface area contributed by atoms with Crippen molar-refractivity contribution in [1.82, 2.24) is 4.98 Å². The third-order valence-electron chi connectivity index (χ3n) is 3.05. The lowest BCUT2D eigenvalue weighted by molar-refractivity contribution is 0.544. The molecule has 1 aromatic heterocycles. The van der Waals surface area contributed by atoms with Crippen molar-refractivity contribution in [3.8, 4) is 6.07 Å². The second kappa shape index (κ2) is 5.36. The lowest BCUT2D eigenvalue weighted by atomic mass is 10.1. The number of aromatic nitrogens is 1. The molecule has 3 nitrogen and oxygen atoms in total. The maximum Gasteiger partial charge on any atom is 0.199 e. The van der Waals surface area contributed by atoms with E-state index >= 15 is 0 Å². The number of fused-ring (bicyclic) bond motifs is 1. The first-order valence-corrected chi connectivity index (χ1v) is 6.62. The van der Waals surface area contributed by atoms with E-state index in [4.69, 9.17) is 21.3 Å². The number of nitriles is 1. The topological polar surface area (TPSA) is 49.8 Å². The largest absolute Gasteiger partial charge is 0.440 e. The summed E-state index contributed by atoms with van der Waals surface area (Å²) < 4.78 is 5.74. The van der Waals surface area contributed by atoms with Crippen molar-refractivity contribution in [1.29, 1.82) is 5.26 Å². The van der Waals surface area contributed by atoms with E-state index in [1.54, 1.807) is 0 Å². The van der Waals surface area contributed by atoms with Crippen LogP contribution in [0.5, 0.6) is 0 Å². The van der Waals surface area contributed by atoms with Gasteiger partial charge in [0.25, 0.3) is 0 Å². The lowest BCUT2D eigenvalue weighted by Gasteiger charge is -1.96. The van der Waals surface area contributed by atoms with Crippen molar-refractivity contribution in [3.05, 3.63) is 64.5 Å². The molecular formula is C16H11ClN2O. The number of hydrogen-bond donors (Lipinski definition) is 0. The standard InChI is InChI=1S/C16H11ClN2O/c17-13-4-1-11(2-5-13)10-16-19-14-6-3-12(7-8-18)9-15(14)20-16/h1-6,9H,7,10H2. The molecular weight excluding hydrogens is 272 g/mol. The Kier molecular flexibility index (Phi) is 3.41. The molecule has 0 fully saturated rings. The number of halogens is 1. The first-order valence-electron chi connectivity index (χ1n) is 6.24. The number of nitrogens with zero attached hydrogens (tertiary/aromatic N) is 2. The summed E-state index contributed by atoms with van der Waals surface area (Å²) in [5, 5.41) is 9.42. The predicted octanol–water partition coefficient (Wildman–Crippen LogP) is 4.14. The Balaban J connectivity index is 1.89. The summed E-state index contributed by atoms with van der Waals surface area (Å²) in [5.74, 6) is 0.663. The van der Waals surface area contributed by atoms with Crippen LogP contribution in [0, 0.1) is 11.3 Å². The molecule has 0 aliphatic rings. The van der Waals surface area contributed by atoms with Gasteiger partial charge in [-0.15, -0.1) is 0 Å². The molecule has 20 heavy (non-hydrogen) atoms. The van der Waals surface area contributed by atoms with Crippen molar-refractivity contribution in [2.24, 2.45) is 0 Å². The summed E-state index contributed by atoms with van der Waals surface area (Å²) in [6, 6.07) is 15.4. The molecule has 0 N–H and O–H groups in total. The molecule has 3 aromatic rings. The lowest BCUT2D eigenvalue weighted by Crippen LogP contribution is -1.87. The highest BCUT2D eigenvalue weighted by Crippen LogP contribution is 2.20. The molecule has 4 heteroatoms. The average molecular weight is 283 g/mol. The quantitative estimate of drug-likeness (QED) is 0.725. The second-order valence-electron chi connectivity index (χ2n) is 4.55. The van der Waals surface area contributed by atoms with Gasteiger partial charge in [-0.25, -0.2) is 4.98 Å². The van der Waals surface area contributed by atoms with Crippen LogP contribution in [0.3, 0.4) is 0 Å². The molecule has 0 saturated carbocycles. The molecule has 3 rings (SSSR count). The molecule has 0 spiro atoms. The first-order chi connectivity index (χ1) is 9.74. The molecule has 0 amide bonds. The third kappa shape index (κ3) is 2.66. The van der Waals surface area contributed by atoms with E-state index < -0.39 is 0 Å². The predicted molar refractivity (Wildman–Crippen MR) is 77.6 cm³/mol. The van der Waals surface area contributed by atoms with Crippen LogP contribution in [-0.2, 0) is 12.8 Å². The molecule has 0 saturated heterocycles. The molecule has 0 bridgehead atoms. The van der Waals surface area contributed by atoms with Crippen LogP contribution in [0.2, 0.25) is 5.02 Å². The fraction of sp³-hybridized carbons (Fsp3) is 0.125. The molecule has 0 atom stereocenters. The minimum Gasteiger partial charge on any atom is -0.440 e. The SMILES string of the molecule is N#CCc1ccc2nc(Cc3ccc(Cl)cc3)oc2c1. The Morgan fingerprint density at radius 3 is 2.60 bits per heavy atom. The Labute approximate surface area is 121 Å². The summed E-state index contributed by atoms with van der Waals surface area (Å²) in [6.45, 7) is 0. The van der Waals surface area contributed by atoms with E-state index in [0.29, 0.717) is 23.8 Å². The van der Waals surface area contributed by atoms with E-state index in [0.717, 1.165) is 22.2 Å². The molecule has 0 radical (unpaired) electrons. The third-order valence-corrected chi connectivity index (χ3v) is 3.30. The number of benzene rings is 2. The summed E-state index contributed by atoms with van der Waals surface area (Å²) in [5.41, 5.74) is 3.57. The van der Waals surface area contributed by atoms with E-state index in [9.17, 15) is 0 Å². The normalized spacial score (nSPS) is 10.6. The highest BCUT2D eigenvalue weighted by Gasteiger charge is 2.07. The fourth-order valence-electron chi connectivity index (χ4n) is 2.07. The van der Waals surface area contributed by atoms with Crippen LogP contribution in [0.1, 0.15) is 17.0 Å². The number of hydrogen-bond acceptors (Lipinski definition) is 3. The maximum absolute atomic E-state index is 8.71. The monoisotopic (exact) mass is 282 g/mol. The van der Waals surface area contributed by atoms with Crippen LogP contribution in [0.4, 0.5) is 0 Å². The Hall–Kier alpha value is -2.31. The van der Waals surface area contributed by atoms with Crippen molar-refractivity contribution < 1.29 is 4.42 Å². The van der Waals surface area contributed by atoms with Gasteiger partial charge in [0.05, 0.1) is 12.5 Å². The number of oxazole rings is 1. The van der Waals surface area contributed by atoms with Gasteiger partial charge in [-0.1, -0.05) is 29.8 Å².